The van der Waals surface area contributed by atoms with E-state index < -0.39 is 17.6 Å². The Hall–Kier alpha value is -2.39. The van der Waals surface area contributed by atoms with Crippen molar-refractivity contribution < 1.29 is 18.7 Å². The van der Waals surface area contributed by atoms with Gasteiger partial charge >= 0.3 is 5.97 Å². The van der Waals surface area contributed by atoms with Crippen LogP contribution in [0.5, 0.6) is 0 Å². The largest absolute Gasteiger partial charge is 0.477 e. The summed E-state index contributed by atoms with van der Waals surface area (Å²) in [6, 6.07) is 5.95. The van der Waals surface area contributed by atoms with Crippen molar-refractivity contribution in [1.29, 1.82) is 0 Å². The summed E-state index contributed by atoms with van der Waals surface area (Å²) in [6.07, 6.45) is 2.12. The first kappa shape index (κ1) is 20.3. The van der Waals surface area contributed by atoms with Crippen LogP contribution in [0.15, 0.2) is 35.1 Å². The molecule has 0 aliphatic heterocycles. The van der Waals surface area contributed by atoms with Gasteiger partial charge in [-0.3, -0.25) is 0 Å². The van der Waals surface area contributed by atoms with Gasteiger partial charge in [-0.15, -0.1) is 11.3 Å². The van der Waals surface area contributed by atoms with Gasteiger partial charge in [0.25, 0.3) is 0 Å². The van der Waals surface area contributed by atoms with E-state index in [0.29, 0.717) is 27.3 Å². The summed E-state index contributed by atoms with van der Waals surface area (Å²) in [4.78, 5) is 20.7. The van der Waals surface area contributed by atoms with Crippen molar-refractivity contribution in [3.05, 3.63) is 62.7 Å². The van der Waals surface area contributed by atoms with Crippen LogP contribution in [0, 0.1) is 11.6 Å². The molecule has 146 valence electrons. The number of carboxylic acid groups (broad SMARTS) is 1. The second-order valence-electron chi connectivity index (χ2n) is 5.94. The number of nitrogens with zero attached hydrogens (tertiary/aromatic N) is 2. The van der Waals surface area contributed by atoms with Crippen molar-refractivity contribution in [3.63, 3.8) is 0 Å². The number of aromatic nitrogens is 2. The number of benzene rings is 1. The molecule has 2 N–H and O–H groups in total. The molecule has 0 radical (unpaired) electrons. The second kappa shape index (κ2) is 8.74. The van der Waals surface area contributed by atoms with Crippen LogP contribution in [0.1, 0.15) is 27.7 Å². The number of hydrogen-bond donors (Lipinski definition) is 2. The van der Waals surface area contributed by atoms with E-state index in [9.17, 15) is 18.7 Å². The summed E-state index contributed by atoms with van der Waals surface area (Å²) >= 11 is 4.21. The van der Waals surface area contributed by atoms with Gasteiger partial charge in [-0.2, -0.15) is 0 Å². The van der Waals surface area contributed by atoms with Crippen molar-refractivity contribution in [3.8, 4) is 10.6 Å². The lowest BCUT2D eigenvalue weighted by Crippen LogP contribution is -2.09. The Morgan fingerprint density at radius 2 is 1.93 bits per heavy atom. The van der Waals surface area contributed by atoms with E-state index in [4.69, 9.17) is 0 Å². The quantitative estimate of drug-likeness (QED) is 0.501. The smallest absolute Gasteiger partial charge is 0.346 e. The third-order valence-electron chi connectivity index (χ3n) is 4.09. The van der Waals surface area contributed by atoms with Gasteiger partial charge in [0.2, 0.25) is 0 Å². The first-order chi connectivity index (χ1) is 13.4. The average molecular weight is 468 g/mol. The molecule has 0 saturated heterocycles. The zero-order valence-corrected chi connectivity index (χ0v) is 17.2. The van der Waals surface area contributed by atoms with Crippen LogP contribution in [0.2, 0.25) is 0 Å². The SMILES string of the molecule is CCc1cc(-c2cc(NCCc3c(F)cc(Br)cc3F)ncn2)sc1C(=O)O. The molecule has 0 bridgehead atoms. The van der Waals surface area contributed by atoms with E-state index in [1.54, 1.807) is 6.07 Å². The molecule has 9 heteroatoms. The molecule has 2 heterocycles. The minimum atomic E-state index is -0.959. The van der Waals surface area contributed by atoms with Crippen LogP contribution in [0.25, 0.3) is 10.6 Å². The summed E-state index contributed by atoms with van der Waals surface area (Å²) < 4.78 is 28.1. The molecule has 1 aromatic carbocycles. The number of nitrogens with one attached hydrogen (secondary N) is 1. The second-order valence-corrected chi connectivity index (χ2v) is 7.90. The molecule has 2 aromatic heterocycles. The number of carboxylic acids is 1. The highest BCUT2D eigenvalue weighted by atomic mass is 79.9. The normalized spacial score (nSPS) is 10.9. The number of halogens is 3. The molecule has 0 amide bonds. The number of carbonyl (C=O) groups is 1. The van der Waals surface area contributed by atoms with E-state index >= 15 is 0 Å². The molecule has 0 aliphatic rings. The predicted octanol–water partition coefficient (Wildman–Crippen LogP) is 5.16. The van der Waals surface area contributed by atoms with Crippen molar-refractivity contribution in [2.75, 3.05) is 11.9 Å². The molecule has 5 nitrogen and oxygen atoms in total. The molecule has 0 fully saturated rings. The van der Waals surface area contributed by atoms with E-state index in [-0.39, 0.29) is 18.5 Å². The number of aromatic carboxylic acids is 1. The Morgan fingerprint density at radius 1 is 1.21 bits per heavy atom. The van der Waals surface area contributed by atoms with Gasteiger partial charge < -0.3 is 10.4 Å². The Balaban J connectivity index is 1.73. The average Bonchev–Trinajstić information content (AvgIpc) is 3.09. The van der Waals surface area contributed by atoms with Crippen molar-refractivity contribution >= 4 is 39.1 Å². The van der Waals surface area contributed by atoms with Crippen LogP contribution in [0.3, 0.4) is 0 Å². The summed E-state index contributed by atoms with van der Waals surface area (Å²) in [6.45, 7) is 2.17. The standard InChI is InChI=1S/C19H16BrF2N3O2S/c1-2-10-5-16(28-18(10)19(26)27)15-8-17(25-9-24-15)23-4-3-12-13(21)6-11(20)7-14(12)22/h5-9H,2-4H2,1H3,(H,26,27)(H,23,24,25). The minimum absolute atomic E-state index is 0.00178. The lowest BCUT2D eigenvalue weighted by atomic mass is 10.1. The summed E-state index contributed by atoms with van der Waals surface area (Å²) in [5.74, 6) is -1.68. The fourth-order valence-corrected chi connectivity index (χ4v) is 4.17. The highest BCUT2D eigenvalue weighted by molar-refractivity contribution is 9.10. The van der Waals surface area contributed by atoms with Crippen LogP contribution in [0.4, 0.5) is 14.6 Å². The fourth-order valence-electron chi connectivity index (χ4n) is 2.71. The van der Waals surface area contributed by atoms with Gasteiger partial charge in [-0.25, -0.2) is 23.5 Å². The Morgan fingerprint density at radius 3 is 2.54 bits per heavy atom. The zero-order chi connectivity index (χ0) is 20.3. The molecular formula is C19H16BrF2N3O2S. The highest BCUT2D eigenvalue weighted by Gasteiger charge is 2.16. The van der Waals surface area contributed by atoms with Gasteiger partial charge in [-0.1, -0.05) is 22.9 Å². The van der Waals surface area contributed by atoms with Crippen LogP contribution >= 0.6 is 27.3 Å². The van der Waals surface area contributed by atoms with Crippen molar-refractivity contribution in [2.45, 2.75) is 19.8 Å². The van der Waals surface area contributed by atoms with E-state index in [1.807, 2.05) is 13.0 Å². The maximum atomic E-state index is 13.9. The fraction of sp³-hybridized carbons (Fsp3) is 0.211. The Bertz CT molecular complexity index is 1000. The molecule has 0 atom stereocenters. The van der Waals surface area contributed by atoms with E-state index in [0.717, 1.165) is 21.8 Å². The molecule has 0 aliphatic carbocycles. The minimum Gasteiger partial charge on any atom is -0.477 e. The molecule has 0 spiro atoms. The molecule has 0 saturated carbocycles. The third kappa shape index (κ3) is 4.53. The van der Waals surface area contributed by atoms with Gasteiger partial charge in [0.05, 0.1) is 10.6 Å². The maximum Gasteiger partial charge on any atom is 0.346 e. The van der Waals surface area contributed by atoms with E-state index in [2.05, 4.69) is 31.2 Å². The molecule has 28 heavy (non-hydrogen) atoms. The lowest BCUT2D eigenvalue weighted by Gasteiger charge is -2.08. The van der Waals surface area contributed by atoms with Gasteiger partial charge in [0.1, 0.15) is 28.7 Å². The third-order valence-corrected chi connectivity index (χ3v) is 5.74. The molecule has 3 rings (SSSR count). The number of aryl methyl sites for hydroxylation is 1. The van der Waals surface area contributed by atoms with Gasteiger partial charge in [0, 0.05) is 22.6 Å². The predicted molar refractivity (Wildman–Crippen MR) is 108 cm³/mol. The van der Waals surface area contributed by atoms with Gasteiger partial charge in [0.15, 0.2) is 0 Å². The topological polar surface area (TPSA) is 75.1 Å². The first-order valence-electron chi connectivity index (χ1n) is 8.44. The summed E-state index contributed by atoms with van der Waals surface area (Å²) in [5, 5.41) is 12.3. The Labute approximate surface area is 172 Å². The maximum absolute atomic E-state index is 13.9. The Kier molecular flexibility index (Phi) is 6.35. The lowest BCUT2D eigenvalue weighted by molar-refractivity contribution is 0.0701. The van der Waals surface area contributed by atoms with Crippen molar-refractivity contribution in [2.24, 2.45) is 0 Å². The molecule has 3 aromatic rings. The van der Waals surface area contributed by atoms with Crippen LogP contribution in [-0.4, -0.2) is 27.6 Å². The van der Waals surface area contributed by atoms with Crippen LogP contribution in [-0.2, 0) is 12.8 Å². The monoisotopic (exact) mass is 467 g/mol. The highest BCUT2D eigenvalue weighted by Crippen LogP contribution is 2.31. The summed E-state index contributed by atoms with van der Waals surface area (Å²) in [5.41, 5.74) is 1.34. The molecular weight excluding hydrogens is 452 g/mol. The van der Waals surface area contributed by atoms with Gasteiger partial charge in [-0.05, 0) is 36.6 Å². The number of rotatable bonds is 7. The zero-order valence-electron chi connectivity index (χ0n) is 14.8. The van der Waals surface area contributed by atoms with E-state index in [1.165, 1.54) is 18.5 Å². The van der Waals surface area contributed by atoms with Crippen molar-refractivity contribution in [1.82, 2.24) is 9.97 Å². The number of anilines is 1. The number of thiophene rings is 1. The first-order valence-corrected chi connectivity index (χ1v) is 10.1. The molecule has 0 unspecified atom stereocenters. The van der Waals surface area contributed by atoms with Crippen LogP contribution < -0.4 is 5.32 Å². The number of hydrogen-bond acceptors (Lipinski definition) is 5. The summed E-state index contributed by atoms with van der Waals surface area (Å²) in [7, 11) is 0.